The molecule has 0 saturated heterocycles. The van der Waals surface area contributed by atoms with E-state index in [1.165, 1.54) is 0 Å². The van der Waals surface area contributed by atoms with E-state index < -0.39 is 13.9 Å². The number of hydrogen-bond acceptors (Lipinski definition) is 2. The molecule has 1 saturated carbocycles. The van der Waals surface area contributed by atoms with Crippen molar-refractivity contribution in [3.05, 3.63) is 0 Å². The Hall–Kier alpha value is -0.153. The number of carbonyl (C=O) groups is 1. The lowest BCUT2D eigenvalue weighted by Crippen LogP contribution is -2.52. The number of aldehydes is 1. The lowest BCUT2D eigenvalue weighted by atomic mass is 9.69. The normalized spacial score (nSPS) is 29.3. The smallest absolute Gasteiger partial charge is 0.193 e. The summed E-state index contributed by atoms with van der Waals surface area (Å²) in [5, 5.41) is 0.157. The van der Waals surface area contributed by atoms with Gasteiger partial charge in [-0.1, -0.05) is 41.5 Å². The Kier molecular flexibility index (Phi) is 4.98. The first kappa shape index (κ1) is 17.9. The molecule has 0 heterocycles. The predicted octanol–water partition coefficient (Wildman–Crippen LogP) is 5.18. The molecule has 1 aliphatic rings. The van der Waals surface area contributed by atoms with Crippen LogP contribution in [0.4, 0.5) is 0 Å². The molecule has 0 bridgehead atoms. The molecule has 0 radical (unpaired) electrons. The van der Waals surface area contributed by atoms with Crippen molar-refractivity contribution in [1.82, 2.24) is 0 Å². The molecule has 0 aromatic heterocycles. The Labute approximate surface area is 126 Å². The first-order valence-electron chi connectivity index (χ1n) is 7.99. The molecule has 0 N–H and O–H groups in total. The monoisotopic (exact) mass is 298 g/mol. The highest BCUT2D eigenvalue weighted by Gasteiger charge is 2.47. The molecular weight excluding hydrogens is 264 g/mol. The van der Waals surface area contributed by atoms with Crippen LogP contribution in [-0.2, 0) is 9.22 Å². The van der Waals surface area contributed by atoms with Gasteiger partial charge in [0.15, 0.2) is 14.6 Å². The van der Waals surface area contributed by atoms with Crippen molar-refractivity contribution < 1.29 is 9.22 Å². The van der Waals surface area contributed by atoms with Crippen molar-refractivity contribution in [2.75, 3.05) is 0 Å². The first-order chi connectivity index (χ1) is 8.83. The van der Waals surface area contributed by atoms with Gasteiger partial charge < -0.3 is 9.22 Å². The van der Waals surface area contributed by atoms with E-state index >= 15 is 0 Å². The first-order valence-corrected chi connectivity index (χ1v) is 10.9. The Bertz CT molecular complexity index is 339. The lowest BCUT2D eigenvalue weighted by Gasteiger charge is -2.47. The third-order valence-electron chi connectivity index (χ3n) is 5.54. The zero-order valence-electron chi connectivity index (χ0n) is 14.8. The molecule has 0 spiro atoms. The molecule has 0 unspecified atom stereocenters. The van der Waals surface area contributed by atoms with E-state index in [1.54, 1.807) is 0 Å². The summed E-state index contributed by atoms with van der Waals surface area (Å²) < 4.78 is 6.51. The topological polar surface area (TPSA) is 26.3 Å². The van der Waals surface area contributed by atoms with Crippen molar-refractivity contribution in [2.45, 2.75) is 91.0 Å². The van der Waals surface area contributed by atoms with Crippen LogP contribution < -0.4 is 0 Å². The second-order valence-electron chi connectivity index (χ2n) is 9.19. The van der Waals surface area contributed by atoms with Crippen LogP contribution in [0.2, 0.25) is 18.1 Å². The fourth-order valence-corrected chi connectivity index (χ4v) is 4.45. The minimum absolute atomic E-state index is 0.157. The third-order valence-corrected chi connectivity index (χ3v) is 10.1. The van der Waals surface area contributed by atoms with Gasteiger partial charge in [-0.05, 0) is 55.1 Å². The zero-order valence-corrected chi connectivity index (χ0v) is 15.8. The van der Waals surface area contributed by atoms with Gasteiger partial charge in [0.05, 0.1) is 0 Å². The Balaban J connectivity index is 2.81. The van der Waals surface area contributed by atoms with Gasteiger partial charge >= 0.3 is 0 Å². The molecule has 0 aromatic rings. The molecule has 0 aromatic carbocycles. The molecule has 0 atom stereocenters. The van der Waals surface area contributed by atoms with Gasteiger partial charge in [-0.2, -0.15) is 0 Å². The van der Waals surface area contributed by atoms with Crippen molar-refractivity contribution in [2.24, 2.45) is 11.3 Å². The van der Waals surface area contributed by atoms with Crippen LogP contribution in [0.5, 0.6) is 0 Å². The van der Waals surface area contributed by atoms with Crippen molar-refractivity contribution in [1.29, 1.82) is 0 Å². The van der Waals surface area contributed by atoms with Gasteiger partial charge in [-0.15, -0.1) is 0 Å². The summed E-state index contributed by atoms with van der Waals surface area (Å²) in [4.78, 5) is 11.7. The van der Waals surface area contributed by atoms with E-state index in [9.17, 15) is 4.79 Å². The van der Waals surface area contributed by atoms with E-state index in [0.717, 1.165) is 32.0 Å². The summed E-state index contributed by atoms with van der Waals surface area (Å²) in [6.45, 7) is 18.1. The summed E-state index contributed by atoms with van der Waals surface area (Å²) in [6.07, 6.45) is 5.11. The lowest BCUT2D eigenvalue weighted by molar-refractivity contribution is -0.127. The van der Waals surface area contributed by atoms with Crippen LogP contribution in [0.1, 0.15) is 67.2 Å². The summed E-state index contributed by atoms with van der Waals surface area (Å²) >= 11 is 0. The number of rotatable bonds is 3. The van der Waals surface area contributed by atoms with Crippen molar-refractivity contribution >= 4 is 14.6 Å². The van der Waals surface area contributed by atoms with E-state index in [4.69, 9.17) is 4.43 Å². The van der Waals surface area contributed by atoms with Crippen LogP contribution >= 0.6 is 0 Å². The third kappa shape index (κ3) is 3.94. The fraction of sp³-hybridized carbons (Fsp3) is 0.941. The standard InChI is InChI=1S/C17H34O2Si/c1-15(2,3)14-9-11-17(13-18,12-10-14)19-20(7,8)16(4,5)6/h13-14H,9-12H2,1-8H3. The maximum absolute atomic E-state index is 11.7. The molecule has 1 fully saturated rings. The van der Waals surface area contributed by atoms with Crippen LogP contribution in [-0.4, -0.2) is 20.2 Å². The number of carbonyl (C=O) groups excluding carboxylic acids is 1. The Morgan fingerprint density at radius 3 is 1.80 bits per heavy atom. The number of hydrogen-bond donors (Lipinski definition) is 0. The maximum atomic E-state index is 11.7. The minimum atomic E-state index is -1.88. The highest BCUT2D eigenvalue weighted by Crippen LogP contribution is 2.46. The van der Waals surface area contributed by atoms with Crippen LogP contribution in [0, 0.1) is 11.3 Å². The largest absolute Gasteiger partial charge is 0.405 e. The summed E-state index contributed by atoms with van der Waals surface area (Å²) in [7, 11) is -1.88. The Morgan fingerprint density at radius 2 is 1.50 bits per heavy atom. The average molecular weight is 299 g/mol. The van der Waals surface area contributed by atoms with Gasteiger partial charge in [-0.25, -0.2) is 0 Å². The highest BCUT2D eigenvalue weighted by molar-refractivity contribution is 6.74. The minimum Gasteiger partial charge on any atom is -0.405 e. The van der Waals surface area contributed by atoms with Gasteiger partial charge in [0.2, 0.25) is 0 Å². The second kappa shape index (κ2) is 5.56. The molecular formula is C17H34O2Si. The molecule has 20 heavy (non-hydrogen) atoms. The molecule has 1 aliphatic carbocycles. The van der Waals surface area contributed by atoms with Gasteiger partial charge in [-0.3, -0.25) is 0 Å². The van der Waals surface area contributed by atoms with Crippen molar-refractivity contribution in [3.8, 4) is 0 Å². The average Bonchev–Trinajstić information content (AvgIpc) is 2.26. The maximum Gasteiger partial charge on any atom is 0.193 e. The molecule has 3 heteroatoms. The van der Waals surface area contributed by atoms with Crippen LogP contribution in [0.3, 0.4) is 0 Å². The van der Waals surface area contributed by atoms with E-state index in [0.29, 0.717) is 11.3 Å². The summed E-state index contributed by atoms with van der Waals surface area (Å²) in [5.41, 5.74) is -0.170. The van der Waals surface area contributed by atoms with Crippen molar-refractivity contribution in [3.63, 3.8) is 0 Å². The molecule has 0 amide bonds. The van der Waals surface area contributed by atoms with E-state index in [1.807, 2.05) is 0 Å². The van der Waals surface area contributed by atoms with E-state index in [-0.39, 0.29) is 5.04 Å². The van der Waals surface area contributed by atoms with Gasteiger partial charge in [0.1, 0.15) is 5.60 Å². The van der Waals surface area contributed by atoms with E-state index in [2.05, 4.69) is 54.6 Å². The Morgan fingerprint density at radius 1 is 1.05 bits per heavy atom. The molecule has 1 rings (SSSR count). The van der Waals surface area contributed by atoms with Crippen LogP contribution in [0.15, 0.2) is 0 Å². The van der Waals surface area contributed by atoms with Crippen LogP contribution in [0.25, 0.3) is 0 Å². The predicted molar refractivity (Wildman–Crippen MR) is 88.5 cm³/mol. The van der Waals surface area contributed by atoms with Gasteiger partial charge in [0, 0.05) is 0 Å². The highest BCUT2D eigenvalue weighted by atomic mass is 28.4. The second-order valence-corrected chi connectivity index (χ2v) is 13.9. The SMILES string of the molecule is CC(C)(C)C1CCC(C=O)(O[Si](C)(C)C(C)(C)C)CC1. The summed E-state index contributed by atoms with van der Waals surface area (Å²) in [6, 6.07) is 0. The van der Waals surface area contributed by atoms with Gasteiger partial charge in [0.25, 0.3) is 0 Å². The molecule has 118 valence electrons. The summed E-state index contributed by atoms with van der Waals surface area (Å²) in [5.74, 6) is 0.707. The quantitative estimate of drug-likeness (QED) is 0.530. The zero-order chi connectivity index (χ0) is 15.8. The fourth-order valence-electron chi connectivity index (χ4n) is 2.88. The molecule has 0 aliphatic heterocycles. The molecule has 2 nitrogen and oxygen atoms in total.